The Morgan fingerprint density at radius 2 is 1.80 bits per heavy atom. The van der Waals surface area contributed by atoms with Crippen LogP contribution in [-0.2, 0) is 0 Å². The summed E-state index contributed by atoms with van der Waals surface area (Å²) < 4.78 is 13.3. The third-order valence-electron chi connectivity index (χ3n) is 3.46. The van der Waals surface area contributed by atoms with Crippen LogP contribution in [0, 0.1) is 5.82 Å². The van der Waals surface area contributed by atoms with Gasteiger partial charge in [-0.1, -0.05) is 42.8 Å². The van der Waals surface area contributed by atoms with Crippen molar-refractivity contribution in [3.63, 3.8) is 0 Å². The van der Waals surface area contributed by atoms with Crippen LogP contribution in [0.3, 0.4) is 0 Å². The molecule has 2 unspecified atom stereocenters. The molecule has 0 saturated carbocycles. The lowest BCUT2D eigenvalue weighted by Crippen LogP contribution is -2.24. The monoisotopic (exact) mass is 291 g/mol. The summed E-state index contributed by atoms with van der Waals surface area (Å²) in [6, 6.07) is 14.8. The van der Waals surface area contributed by atoms with Crippen molar-refractivity contribution in [3.05, 3.63) is 70.5 Å². The molecule has 0 saturated heterocycles. The van der Waals surface area contributed by atoms with Gasteiger partial charge in [0.25, 0.3) is 0 Å². The van der Waals surface area contributed by atoms with Gasteiger partial charge in [0.1, 0.15) is 5.82 Å². The summed E-state index contributed by atoms with van der Waals surface area (Å²) in [5, 5.41) is 4.26. The summed E-state index contributed by atoms with van der Waals surface area (Å²) in [5.74, 6) is -0.196. The third-order valence-corrected chi connectivity index (χ3v) is 3.69. The molecule has 0 aliphatic rings. The molecule has 1 N–H and O–H groups in total. The minimum absolute atomic E-state index is 0.125. The van der Waals surface area contributed by atoms with E-state index in [4.69, 9.17) is 11.6 Å². The van der Waals surface area contributed by atoms with E-state index in [9.17, 15) is 4.39 Å². The predicted molar refractivity (Wildman–Crippen MR) is 82.4 cm³/mol. The summed E-state index contributed by atoms with van der Waals surface area (Å²) in [6.45, 7) is 4.18. The van der Waals surface area contributed by atoms with Gasteiger partial charge < -0.3 is 5.32 Å². The molecule has 106 valence electrons. The van der Waals surface area contributed by atoms with Crippen LogP contribution in [0.1, 0.15) is 43.5 Å². The van der Waals surface area contributed by atoms with Gasteiger partial charge in [0.15, 0.2) is 0 Å². The number of nitrogens with one attached hydrogen (secondary N) is 1. The van der Waals surface area contributed by atoms with E-state index in [2.05, 4.69) is 19.2 Å². The molecule has 2 aromatic carbocycles. The number of benzene rings is 2. The first kappa shape index (κ1) is 15.0. The van der Waals surface area contributed by atoms with E-state index in [1.807, 2.05) is 30.3 Å². The van der Waals surface area contributed by atoms with Crippen LogP contribution in [0.4, 0.5) is 4.39 Å². The zero-order chi connectivity index (χ0) is 14.5. The highest BCUT2D eigenvalue weighted by Crippen LogP contribution is 2.24. The van der Waals surface area contributed by atoms with E-state index in [1.54, 1.807) is 12.1 Å². The smallest absolute Gasteiger partial charge is 0.123 e. The topological polar surface area (TPSA) is 12.0 Å². The normalized spacial score (nSPS) is 14.0. The molecule has 0 bridgehead atoms. The Morgan fingerprint density at radius 1 is 1.10 bits per heavy atom. The maximum Gasteiger partial charge on any atom is 0.123 e. The summed E-state index contributed by atoms with van der Waals surface area (Å²) in [5.41, 5.74) is 2.11. The van der Waals surface area contributed by atoms with Crippen LogP contribution >= 0.6 is 11.6 Å². The second kappa shape index (κ2) is 6.87. The SMILES string of the molecule is CCC(NC(C)c1cccc(Cl)c1)c1cccc(F)c1. The van der Waals surface area contributed by atoms with Gasteiger partial charge in [0, 0.05) is 17.1 Å². The number of halogens is 2. The van der Waals surface area contributed by atoms with Crippen LogP contribution < -0.4 is 5.32 Å². The van der Waals surface area contributed by atoms with Crippen molar-refractivity contribution in [3.8, 4) is 0 Å². The molecule has 0 aliphatic heterocycles. The first-order chi connectivity index (χ1) is 9.60. The minimum atomic E-state index is -0.196. The molecule has 20 heavy (non-hydrogen) atoms. The van der Waals surface area contributed by atoms with E-state index >= 15 is 0 Å². The molecule has 2 atom stereocenters. The van der Waals surface area contributed by atoms with Gasteiger partial charge in [-0.15, -0.1) is 0 Å². The molecular weight excluding hydrogens is 273 g/mol. The van der Waals surface area contributed by atoms with Crippen LogP contribution in [0.2, 0.25) is 5.02 Å². The summed E-state index contributed by atoms with van der Waals surface area (Å²) in [4.78, 5) is 0. The van der Waals surface area contributed by atoms with Crippen LogP contribution in [0.15, 0.2) is 48.5 Å². The lowest BCUT2D eigenvalue weighted by Gasteiger charge is -2.23. The fourth-order valence-corrected chi connectivity index (χ4v) is 2.55. The van der Waals surface area contributed by atoms with E-state index in [0.29, 0.717) is 0 Å². The molecule has 0 amide bonds. The quantitative estimate of drug-likeness (QED) is 0.790. The van der Waals surface area contributed by atoms with E-state index in [-0.39, 0.29) is 17.9 Å². The number of hydrogen-bond acceptors (Lipinski definition) is 1. The molecule has 3 heteroatoms. The summed E-state index contributed by atoms with van der Waals surface area (Å²) in [6.07, 6.45) is 0.897. The van der Waals surface area contributed by atoms with Crippen molar-refractivity contribution in [1.82, 2.24) is 5.32 Å². The largest absolute Gasteiger partial charge is 0.303 e. The van der Waals surface area contributed by atoms with Crippen LogP contribution in [0.5, 0.6) is 0 Å². The van der Waals surface area contributed by atoms with Crippen molar-refractivity contribution >= 4 is 11.6 Å². The second-order valence-corrected chi connectivity index (χ2v) is 5.40. The molecule has 0 spiro atoms. The first-order valence-corrected chi connectivity index (χ1v) is 7.25. The van der Waals surface area contributed by atoms with Crippen LogP contribution in [-0.4, -0.2) is 0 Å². The third kappa shape index (κ3) is 3.81. The van der Waals surface area contributed by atoms with Gasteiger partial charge in [-0.25, -0.2) is 4.39 Å². The van der Waals surface area contributed by atoms with Crippen LogP contribution in [0.25, 0.3) is 0 Å². The highest BCUT2D eigenvalue weighted by Gasteiger charge is 2.14. The minimum Gasteiger partial charge on any atom is -0.303 e. The zero-order valence-corrected chi connectivity index (χ0v) is 12.5. The summed E-state index contributed by atoms with van der Waals surface area (Å²) >= 11 is 6.02. The molecule has 0 aromatic heterocycles. The standard InChI is InChI=1S/C17H19ClFN/c1-3-17(14-7-5-9-16(19)11-14)20-12(2)13-6-4-8-15(18)10-13/h4-12,17,20H,3H2,1-2H3. The Balaban J connectivity index is 2.14. The predicted octanol–water partition coefficient (Wildman–Crippen LogP) is 5.28. The molecule has 2 aromatic rings. The van der Waals surface area contributed by atoms with Crippen molar-refractivity contribution < 1.29 is 4.39 Å². The van der Waals surface area contributed by atoms with E-state index in [0.717, 1.165) is 22.6 Å². The Labute approximate surface area is 124 Å². The zero-order valence-electron chi connectivity index (χ0n) is 11.7. The molecular formula is C17H19ClFN. The molecule has 0 fully saturated rings. The highest BCUT2D eigenvalue weighted by molar-refractivity contribution is 6.30. The molecule has 1 nitrogen and oxygen atoms in total. The van der Waals surface area contributed by atoms with E-state index < -0.39 is 0 Å². The van der Waals surface area contributed by atoms with Gasteiger partial charge in [-0.3, -0.25) is 0 Å². The summed E-state index contributed by atoms with van der Waals surface area (Å²) in [7, 11) is 0. The Kier molecular flexibility index (Phi) is 5.16. The Hall–Kier alpha value is -1.38. The molecule has 0 aliphatic carbocycles. The Morgan fingerprint density at radius 3 is 2.45 bits per heavy atom. The fourth-order valence-electron chi connectivity index (χ4n) is 2.35. The van der Waals surface area contributed by atoms with Crippen molar-refractivity contribution in [2.45, 2.75) is 32.4 Å². The van der Waals surface area contributed by atoms with Gasteiger partial charge in [0.05, 0.1) is 0 Å². The van der Waals surface area contributed by atoms with Crippen molar-refractivity contribution in [2.75, 3.05) is 0 Å². The molecule has 0 radical (unpaired) electrons. The molecule has 2 rings (SSSR count). The average Bonchev–Trinajstić information content (AvgIpc) is 2.44. The maximum absolute atomic E-state index is 13.3. The van der Waals surface area contributed by atoms with Gasteiger partial charge in [-0.05, 0) is 48.7 Å². The number of rotatable bonds is 5. The van der Waals surface area contributed by atoms with Crippen molar-refractivity contribution in [2.24, 2.45) is 0 Å². The molecule has 0 heterocycles. The lowest BCUT2D eigenvalue weighted by molar-refractivity contribution is 0.454. The van der Waals surface area contributed by atoms with Gasteiger partial charge in [0.2, 0.25) is 0 Å². The lowest BCUT2D eigenvalue weighted by atomic mass is 10.0. The van der Waals surface area contributed by atoms with Gasteiger partial charge >= 0.3 is 0 Å². The first-order valence-electron chi connectivity index (χ1n) is 6.87. The maximum atomic E-state index is 13.3. The highest BCUT2D eigenvalue weighted by atomic mass is 35.5. The number of hydrogen-bond donors (Lipinski definition) is 1. The second-order valence-electron chi connectivity index (χ2n) is 4.96. The fraction of sp³-hybridized carbons (Fsp3) is 0.294. The Bertz CT molecular complexity index is 570. The van der Waals surface area contributed by atoms with Gasteiger partial charge in [-0.2, -0.15) is 0 Å². The average molecular weight is 292 g/mol. The van der Waals surface area contributed by atoms with Crippen molar-refractivity contribution in [1.29, 1.82) is 0 Å². The van der Waals surface area contributed by atoms with E-state index in [1.165, 1.54) is 6.07 Å².